The number of carbonyl (C=O) groups is 3. The lowest BCUT2D eigenvalue weighted by Gasteiger charge is -2.21. The summed E-state index contributed by atoms with van der Waals surface area (Å²) in [5.74, 6) is -0.367. The van der Waals surface area contributed by atoms with Crippen LogP contribution in [-0.4, -0.2) is 23.3 Å². The van der Waals surface area contributed by atoms with E-state index in [2.05, 4.69) is 17.5 Å². The van der Waals surface area contributed by atoms with Crippen LogP contribution in [0.3, 0.4) is 0 Å². The summed E-state index contributed by atoms with van der Waals surface area (Å²) < 4.78 is 0. The summed E-state index contributed by atoms with van der Waals surface area (Å²) in [5, 5.41) is 2.90. The smallest absolute Gasteiger partial charge is 0.251 e. The maximum atomic E-state index is 12.8. The predicted octanol–water partition coefficient (Wildman–Crippen LogP) is 2.53. The van der Waals surface area contributed by atoms with Crippen LogP contribution in [0, 0.1) is 23.7 Å². The number of hydrogen-bond donors (Lipinski definition) is 1. The summed E-state index contributed by atoms with van der Waals surface area (Å²) in [4.78, 5) is 39.1. The number of nitrogens with one attached hydrogen (secondary N) is 1. The Hall–Kier alpha value is -2.43. The highest BCUT2D eigenvalue weighted by atomic mass is 16.2. The molecule has 4 rings (SSSR count). The minimum atomic E-state index is -0.319. The van der Waals surface area contributed by atoms with E-state index in [0.29, 0.717) is 11.3 Å². The summed E-state index contributed by atoms with van der Waals surface area (Å²) in [6.45, 7) is 5.76. The number of carbonyl (C=O) groups excluding carboxylic acids is 3. The van der Waals surface area contributed by atoms with E-state index in [1.165, 1.54) is 4.90 Å². The molecule has 2 bridgehead atoms. The molecule has 1 saturated heterocycles. The van der Waals surface area contributed by atoms with Crippen molar-refractivity contribution in [2.75, 3.05) is 4.90 Å². The first-order valence-electron chi connectivity index (χ1n) is 8.75. The number of imide groups is 1. The van der Waals surface area contributed by atoms with Gasteiger partial charge in [-0.1, -0.05) is 12.2 Å². The second-order valence-electron chi connectivity index (χ2n) is 8.26. The lowest BCUT2D eigenvalue weighted by atomic mass is 9.85. The lowest BCUT2D eigenvalue weighted by molar-refractivity contribution is -0.123. The van der Waals surface area contributed by atoms with Gasteiger partial charge in [0.15, 0.2) is 0 Å². The zero-order chi connectivity index (χ0) is 17.9. The number of nitrogens with zero attached hydrogens (tertiary/aromatic N) is 1. The quantitative estimate of drug-likeness (QED) is 0.666. The molecule has 0 spiro atoms. The minimum Gasteiger partial charge on any atom is -0.347 e. The minimum absolute atomic E-state index is 0.0984. The molecule has 1 heterocycles. The van der Waals surface area contributed by atoms with E-state index in [0.717, 1.165) is 6.42 Å². The van der Waals surface area contributed by atoms with E-state index in [-0.39, 0.29) is 46.9 Å². The molecule has 1 aromatic rings. The van der Waals surface area contributed by atoms with Gasteiger partial charge in [-0.15, -0.1) is 0 Å². The molecule has 1 saturated carbocycles. The molecule has 5 nitrogen and oxygen atoms in total. The van der Waals surface area contributed by atoms with Crippen LogP contribution in [0.2, 0.25) is 0 Å². The second-order valence-corrected chi connectivity index (χ2v) is 8.26. The number of rotatable bonds is 2. The average molecular weight is 338 g/mol. The molecule has 1 N–H and O–H groups in total. The summed E-state index contributed by atoms with van der Waals surface area (Å²) in [5.41, 5.74) is 0.746. The normalized spacial score (nSPS) is 30.1. The van der Waals surface area contributed by atoms with Crippen LogP contribution >= 0.6 is 0 Å². The Labute approximate surface area is 147 Å². The van der Waals surface area contributed by atoms with Crippen molar-refractivity contribution in [3.8, 4) is 0 Å². The van der Waals surface area contributed by atoms with Gasteiger partial charge in [0.25, 0.3) is 5.91 Å². The van der Waals surface area contributed by atoms with Crippen molar-refractivity contribution >= 4 is 23.4 Å². The Kier molecular flexibility index (Phi) is 3.39. The first kappa shape index (κ1) is 16.1. The van der Waals surface area contributed by atoms with E-state index in [9.17, 15) is 14.4 Å². The standard InChI is InChI=1S/C20H22N2O3/c1-20(2,3)21-17(23)11-6-8-14(9-7-11)22-18(24)15-12-4-5-13(10-12)16(15)19(22)25/h4-9,12-13,15-16H,10H2,1-3H3,(H,21,23)/t12-,13+,15-,16-/m0/s1. The van der Waals surface area contributed by atoms with Crippen molar-refractivity contribution in [3.05, 3.63) is 42.0 Å². The summed E-state index contributed by atoms with van der Waals surface area (Å²) in [7, 11) is 0. The molecule has 130 valence electrons. The lowest BCUT2D eigenvalue weighted by Crippen LogP contribution is -2.40. The van der Waals surface area contributed by atoms with Gasteiger partial charge >= 0.3 is 0 Å². The summed E-state index contributed by atoms with van der Waals surface area (Å²) >= 11 is 0. The van der Waals surface area contributed by atoms with E-state index >= 15 is 0 Å². The highest BCUT2D eigenvalue weighted by molar-refractivity contribution is 6.22. The monoisotopic (exact) mass is 338 g/mol. The zero-order valence-corrected chi connectivity index (χ0v) is 14.7. The van der Waals surface area contributed by atoms with Gasteiger partial charge in [-0.3, -0.25) is 19.3 Å². The highest BCUT2D eigenvalue weighted by Gasteiger charge is 2.59. The predicted molar refractivity (Wildman–Crippen MR) is 93.9 cm³/mol. The van der Waals surface area contributed by atoms with Gasteiger partial charge < -0.3 is 5.32 Å². The third-order valence-corrected chi connectivity index (χ3v) is 5.35. The molecule has 0 aromatic heterocycles. The van der Waals surface area contributed by atoms with Crippen LogP contribution in [-0.2, 0) is 9.59 Å². The number of hydrogen-bond acceptors (Lipinski definition) is 3. The number of benzene rings is 1. The number of amides is 3. The van der Waals surface area contributed by atoms with Crippen LogP contribution < -0.4 is 10.2 Å². The van der Waals surface area contributed by atoms with E-state index in [1.807, 2.05) is 20.8 Å². The Morgan fingerprint density at radius 2 is 1.52 bits per heavy atom. The molecule has 2 fully saturated rings. The van der Waals surface area contributed by atoms with Gasteiger partial charge in [0.1, 0.15) is 0 Å². The number of fused-ring (bicyclic) bond motifs is 5. The Balaban J connectivity index is 1.56. The van der Waals surface area contributed by atoms with Crippen LogP contribution in [0.4, 0.5) is 5.69 Å². The van der Waals surface area contributed by atoms with E-state index < -0.39 is 0 Å². The second kappa shape index (κ2) is 5.28. The van der Waals surface area contributed by atoms with Crippen molar-refractivity contribution in [2.24, 2.45) is 23.7 Å². The van der Waals surface area contributed by atoms with Gasteiger partial charge in [-0.2, -0.15) is 0 Å². The molecule has 3 aliphatic rings. The fourth-order valence-corrected chi connectivity index (χ4v) is 4.33. The molecule has 0 radical (unpaired) electrons. The SMILES string of the molecule is CC(C)(C)NC(=O)c1ccc(N2C(=O)[C@@H]3[C@@H](C2=O)[C@H]2C=C[C@@H]3C2)cc1. The molecule has 1 aromatic carbocycles. The molecule has 2 aliphatic carbocycles. The topological polar surface area (TPSA) is 66.5 Å². The Bertz CT molecular complexity index is 758. The summed E-state index contributed by atoms with van der Waals surface area (Å²) in [6, 6.07) is 6.70. The Morgan fingerprint density at radius 1 is 1.00 bits per heavy atom. The van der Waals surface area contributed by atoms with Crippen LogP contribution in [0.1, 0.15) is 37.6 Å². The van der Waals surface area contributed by atoms with Crippen molar-refractivity contribution in [3.63, 3.8) is 0 Å². The zero-order valence-electron chi connectivity index (χ0n) is 14.7. The molecule has 1 aliphatic heterocycles. The maximum Gasteiger partial charge on any atom is 0.251 e. The Morgan fingerprint density at radius 3 is 2.00 bits per heavy atom. The first-order chi connectivity index (χ1) is 11.8. The molecule has 5 heteroatoms. The fraction of sp³-hybridized carbons (Fsp3) is 0.450. The highest BCUT2D eigenvalue weighted by Crippen LogP contribution is 2.53. The molecular formula is C20H22N2O3. The summed E-state index contributed by atoms with van der Waals surface area (Å²) in [6.07, 6.45) is 5.09. The number of anilines is 1. The van der Waals surface area contributed by atoms with Crippen LogP contribution in [0.15, 0.2) is 36.4 Å². The third-order valence-electron chi connectivity index (χ3n) is 5.35. The largest absolute Gasteiger partial charge is 0.347 e. The fourth-order valence-electron chi connectivity index (χ4n) is 4.33. The first-order valence-corrected chi connectivity index (χ1v) is 8.75. The average Bonchev–Trinajstić information content (AvgIpc) is 3.20. The van der Waals surface area contributed by atoms with Gasteiger partial charge in [-0.25, -0.2) is 0 Å². The van der Waals surface area contributed by atoms with Gasteiger partial charge in [0.2, 0.25) is 11.8 Å². The van der Waals surface area contributed by atoms with E-state index in [1.54, 1.807) is 24.3 Å². The van der Waals surface area contributed by atoms with E-state index in [4.69, 9.17) is 0 Å². The molecular weight excluding hydrogens is 316 g/mol. The van der Waals surface area contributed by atoms with Gasteiger partial charge in [-0.05, 0) is 63.3 Å². The van der Waals surface area contributed by atoms with Crippen molar-refractivity contribution in [2.45, 2.75) is 32.7 Å². The van der Waals surface area contributed by atoms with Gasteiger partial charge in [0, 0.05) is 11.1 Å². The number of allylic oxidation sites excluding steroid dienone is 2. The van der Waals surface area contributed by atoms with Crippen molar-refractivity contribution in [1.82, 2.24) is 5.32 Å². The molecule has 0 unspecified atom stereocenters. The van der Waals surface area contributed by atoms with Crippen molar-refractivity contribution in [1.29, 1.82) is 0 Å². The third kappa shape index (κ3) is 2.49. The van der Waals surface area contributed by atoms with Crippen LogP contribution in [0.25, 0.3) is 0 Å². The molecule has 25 heavy (non-hydrogen) atoms. The van der Waals surface area contributed by atoms with Gasteiger partial charge in [0.05, 0.1) is 17.5 Å². The molecule has 3 amide bonds. The van der Waals surface area contributed by atoms with Crippen molar-refractivity contribution < 1.29 is 14.4 Å². The maximum absolute atomic E-state index is 12.8. The molecule has 4 atom stereocenters. The van der Waals surface area contributed by atoms with Crippen LogP contribution in [0.5, 0.6) is 0 Å².